The summed E-state index contributed by atoms with van der Waals surface area (Å²) in [7, 11) is 0. The van der Waals surface area contributed by atoms with E-state index < -0.39 is 0 Å². The average Bonchev–Trinajstić information content (AvgIpc) is 2.56. The fraction of sp³-hybridized carbons (Fsp3) is 0.647. The van der Waals surface area contributed by atoms with Gasteiger partial charge in [0, 0.05) is 5.54 Å². The summed E-state index contributed by atoms with van der Waals surface area (Å²) in [6.45, 7) is 6.38. The second-order valence-electron chi connectivity index (χ2n) is 6.56. The molecule has 1 saturated carbocycles. The number of rotatable bonds is 2. The largest absolute Gasteiger partial charge is 0.321 e. The molecule has 1 nitrogen and oxygen atoms in total. The van der Waals surface area contributed by atoms with E-state index in [4.69, 9.17) is 5.73 Å². The molecule has 1 aliphatic rings. The smallest absolute Gasteiger partial charge is 0.126 e. The predicted octanol–water partition coefficient (Wildman–Crippen LogP) is 4.52. The van der Waals surface area contributed by atoms with Crippen molar-refractivity contribution in [2.24, 2.45) is 17.6 Å². The first kappa shape index (κ1) is 14.5. The van der Waals surface area contributed by atoms with Crippen molar-refractivity contribution in [2.45, 2.75) is 58.4 Å². The summed E-state index contributed by atoms with van der Waals surface area (Å²) in [5.74, 6) is 1.35. The van der Waals surface area contributed by atoms with Crippen LogP contribution >= 0.6 is 0 Å². The van der Waals surface area contributed by atoms with E-state index in [0.29, 0.717) is 5.56 Å². The summed E-state index contributed by atoms with van der Waals surface area (Å²) in [5.41, 5.74) is 7.93. The highest BCUT2D eigenvalue weighted by Gasteiger charge is 2.32. The Morgan fingerprint density at radius 2 is 2.00 bits per heavy atom. The highest BCUT2D eigenvalue weighted by Crippen LogP contribution is 2.38. The third kappa shape index (κ3) is 3.17. The normalized spacial score (nSPS) is 28.4. The topological polar surface area (TPSA) is 26.0 Å². The van der Waals surface area contributed by atoms with Gasteiger partial charge in [-0.1, -0.05) is 38.8 Å². The zero-order valence-corrected chi connectivity index (χ0v) is 12.4. The molecule has 106 valence electrons. The number of benzene rings is 1. The minimum absolute atomic E-state index is 0.132. The van der Waals surface area contributed by atoms with Crippen LogP contribution in [0.2, 0.25) is 0 Å². The van der Waals surface area contributed by atoms with Crippen molar-refractivity contribution in [2.75, 3.05) is 0 Å². The molecule has 2 N–H and O–H groups in total. The van der Waals surface area contributed by atoms with E-state index in [1.54, 1.807) is 13.0 Å². The van der Waals surface area contributed by atoms with Crippen molar-refractivity contribution in [3.05, 3.63) is 35.1 Å². The van der Waals surface area contributed by atoms with E-state index in [9.17, 15) is 4.39 Å². The second-order valence-corrected chi connectivity index (χ2v) is 6.56. The van der Waals surface area contributed by atoms with Crippen molar-refractivity contribution in [3.8, 4) is 0 Å². The highest BCUT2D eigenvalue weighted by molar-refractivity contribution is 5.29. The van der Waals surface area contributed by atoms with Crippen molar-refractivity contribution < 1.29 is 4.39 Å². The molecule has 19 heavy (non-hydrogen) atoms. The minimum atomic E-state index is -0.335. The summed E-state index contributed by atoms with van der Waals surface area (Å²) < 4.78 is 13.8. The molecule has 2 unspecified atom stereocenters. The molecule has 0 aromatic heterocycles. The number of hydrogen-bond acceptors (Lipinski definition) is 1. The first-order valence-corrected chi connectivity index (χ1v) is 7.48. The van der Waals surface area contributed by atoms with Crippen molar-refractivity contribution >= 4 is 0 Å². The Labute approximate surface area is 116 Å². The Hall–Kier alpha value is -0.890. The van der Waals surface area contributed by atoms with Gasteiger partial charge in [-0.2, -0.15) is 0 Å². The molecule has 2 atom stereocenters. The summed E-state index contributed by atoms with van der Waals surface area (Å²) in [6, 6.07) is 5.50. The molecule has 0 spiro atoms. The highest BCUT2D eigenvalue weighted by atomic mass is 19.1. The fourth-order valence-corrected chi connectivity index (χ4v) is 3.25. The summed E-state index contributed by atoms with van der Waals surface area (Å²) >= 11 is 0. The maximum Gasteiger partial charge on any atom is 0.126 e. The van der Waals surface area contributed by atoms with Crippen LogP contribution in [0.25, 0.3) is 0 Å². The van der Waals surface area contributed by atoms with Crippen LogP contribution in [0.3, 0.4) is 0 Å². The lowest BCUT2D eigenvalue weighted by Gasteiger charge is -2.29. The molecule has 2 heteroatoms. The second kappa shape index (κ2) is 5.62. The van der Waals surface area contributed by atoms with Gasteiger partial charge in [0.15, 0.2) is 0 Å². The van der Waals surface area contributed by atoms with E-state index in [2.05, 4.69) is 13.8 Å². The zero-order chi connectivity index (χ0) is 14.0. The lowest BCUT2D eigenvalue weighted by atomic mass is 9.82. The van der Waals surface area contributed by atoms with Gasteiger partial charge in [0.1, 0.15) is 5.82 Å². The summed E-state index contributed by atoms with van der Waals surface area (Å²) in [6.07, 6.45) is 5.50. The van der Waals surface area contributed by atoms with Crippen LogP contribution in [0.4, 0.5) is 4.39 Å². The van der Waals surface area contributed by atoms with Gasteiger partial charge < -0.3 is 5.73 Å². The van der Waals surface area contributed by atoms with Crippen LogP contribution in [0, 0.1) is 24.6 Å². The Kier molecular flexibility index (Phi) is 4.29. The molecule has 2 rings (SSSR count). The van der Waals surface area contributed by atoms with E-state index in [1.807, 2.05) is 12.1 Å². The maximum atomic E-state index is 13.8. The SMILES string of the molecule is Cc1ccc(C2(N)CCCC(C(C)C)CC2)cc1F. The summed E-state index contributed by atoms with van der Waals surface area (Å²) in [5, 5.41) is 0. The molecule has 0 heterocycles. The quantitative estimate of drug-likeness (QED) is 0.780. The van der Waals surface area contributed by atoms with Crippen LogP contribution in [0.1, 0.15) is 57.1 Å². The standard InChI is InChI=1S/C17H26FN/c1-12(2)14-5-4-9-17(19,10-8-14)15-7-6-13(3)16(18)11-15/h6-7,11-12,14H,4-5,8-10,19H2,1-3H3. The molecule has 0 saturated heterocycles. The lowest BCUT2D eigenvalue weighted by molar-refractivity contribution is 0.325. The zero-order valence-electron chi connectivity index (χ0n) is 12.4. The molecule has 0 bridgehead atoms. The van der Waals surface area contributed by atoms with Crippen molar-refractivity contribution in [1.29, 1.82) is 0 Å². The lowest BCUT2D eigenvalue weighted by Crippen LogP contribution is -2.36. The molecule has 0 amide bonds. The van der Waals surface area contributed by atoms with E-state index in [-0.39, 0.29) is 11.4 Å². The van der Waals surface area contributed by atoms with E-state index in [1.165, 1.54) is 6.42 Å². The molecule has 0 radical (unpaired) electrons. The van der Waals surface area contributed by atoms with Crippen molar-refractivity contribution in [1.82, 2.24) is 0 Å². The van der Waals surface area contributed by atoms with Gasteiger partial charge in [0.05, 0.1) is 0 Å². The monoisotopic (exact) mass is 263 g/mol. The fourth-order valence-electron chi connectivity index (χ4n) is 3.25. The van der Waals surface area contributed by atoms with Gasteiger partial charge in [0.25, 0.3) is 0 Å². The van der Waals surface area contributed by atoms with Gasteiger partial charge in [-0.05, 0) is 55.2 Å². The van der Waals surface area contributed by atoms with Crippen molar-refractivity contribution in [3.63, 3.8) is 0 Å². The van der Waals surface area contributed by atoms with Gasteiger partial charge in [-0.3, -0.25) is 0 Å². The maximum absolute atomic E-state index is 13.8. The summed E-state index contributed by atoms with van der Waals surface area (Å²) in [4.78, 5) is 0. The molecule has 1 aromatic carbocycles. The van der Waals surface area contributed by atoms with Crippen LogP contribution in [-0.2, 0) is 5.54 Å². The third-order valence-electron chi connectivity index (χ3n) is 4.85. The first-order valence-electron chi connectivity index (χ1n) is 7.48. The molecule has 0 aliphatic heterocycles. The predicted molar refractivity (Wildman–Crippen MR) is 78.4 cm³/mol. The van der Waals surface area contributed by atoms with Gasteiger partial charge in [-0.15, -0.1) is 0 Å². The number of hydrogen-bond donors (Lipinski definition) is 1. The molecular formula is C17H26FN. The van der Waals surface area contributed by atoms with E-state index in [0.717, 1.165) is 43.1 Å². The molecular weight excluding hydrogens is 237 g/mol. The Balaban J connectivity index is 2.20. The number of halogens is 1. The third-order valence-corrected chi connectivity index (χ3v) is 4.85. The Morgan fingerprint density at radius 1 is 1.26 bits per heavy atom. The van der Waals surface area contributed by atoms with E-state index >= 15 is 0 Å². The molecule has 1 aromatic rings. The Morgan fingerprint density at radius 3 is 2.63 bits per heavy atom. The number of nitrogens with two attached hydrogens (primary N) is 1. The van der Waals surface area contributed by atoms with Crippen LogP contribution in [0.15, 0.2) is 18.2 Å². The molecule has 1 aliphatic carbocycles. The van der Waals surface area contributed by atoms with Crippen LogP contribution in [-0.4, -0.2) is 0 Å². The Bertz CT molecular complexity index is 441. The number of aryl methyl sites for hydroxylation is 1. The van der Waals surface area contributed by atoms with Gasteiger partial charge in [0.2, 0.25) is 0 Å². The molecule has 1 fully saturated rings. The van der Waals surface area contributed by atoms with Crippen LogP contribution in [0.5, 0.6) is 0 Å². The minimum Gasteiger partial charge on any atom is -0.321 e. The average molecular weight is 263 g/mol. The first-order chi connectivity index (χ1) is 8.92. The van der Waals surface area contributed by atoms with Gasteiger partial charge in [-0.25, -0.2) is 4.39 Å². The van der Waals surface area contributed by atoms with Gasteiger partial charge >= 0.3 is 0 Å². The van der Waals surface area contributed by atoms with Crippen LogP contribution < -0.4 is 5.73 Å².